The maximum Gasteiger partial charge on any atom is 0.305 e. The van der Waals surface area contributed by atoms with Crippen LogP contribution in [-0.2, 0) is 38.4 Å². The van der Waals surface area contributed by atoms with Gasteiger partial charge in [-0.3, -0.25) is 38.4 Å². The second kappa shape index (κ2) is 16.3. The highest BCUT2D eigenvalue weighted by Gasteiger charge is 2.34. The summed E-state index contributed by atoms with van der Waals surface area (Å²) in [6.07, 6.45) is -1.55. The van der Waals surface area contributed by atoms with E-state index >= 15 is 0 Å². The molecule has 220 valence electrons. The van der Waals surface area contributed by atoms with Crippen LogP contribution in [0.4, 0.5) is 0 Å². The second-order valence-electron chi connectivity index (χ2n) is 9.54. The minimum atomic E-state index is -1.60. The van der Waals surface area contributed by atoms with Gasteiger partial charge in [0.15, 0.2) is 0 Å². The second-order valence-corrected chi connectivity index (χ2v) is 9.98. The van der Waals surface area contributed by atoms with Crippen molar-refractivity contribution in [3.63, 3.8) is 0 Å². The molecule has 0 bridgehead atoms. The number of hydrogen-bond donors (Lipinski definition) is 8. The number of aliphatic carboxylic acids is 2. The van der Waals surface area contributed by atoms with Crippen molar-refractivity contribution >= 4 is 59.2 Å². The summed E-state index contributed by atoms with van der Waals surface area (Å²) >= 11 is 3.54. The summed E-state index contributed by atoms with van der Waals surface area (Å²) in [5, 5.41) is 28.8. The first-order valence-electron chi connectivity index (χ1n) is 12.0. The Balaban J connectivity index is 5.60. The van der Waals surface area contributed by atoms with E-state index in [0.717, 1.165) is 0 Å². The van der Waals surface area contributed by atoms with Crippen molar-refractivity contribution in [3.05, 3.63) is 0 Å². The Morgan fingerprint density at radius 3 is 1.41 bits per heavy atom. The van der Waals surface area contributed by atoms with E-state index in [0.29, 0.717) is 0 Å². The highest BCUT2D eigenvalue weighted by atomic mass is 32.1. The Morgan fingerprint density at radius 2 is 1.00 bits per heavy atom. The zero-order valence-corrected chi connectivity index (χ0v) is 23.5. The Bertz CT molecular complexity index is 971. The molecule has 39 heavy (non-hydrogen) atoms. The average molecular weight is 576 g/mol. The summed E-state index contributed by atoms with van der Waals surface area (Å²) in [6, 6.07) is -6.63. The lowest BCUT2D eigenvalue weighted by Crippen LogP contribution is -2.60. The lowest BCUT2D eigenvalue weighted by atomic mass is 10.0. The first-order valence-corrected chi connectivity index (χ1v) is 12.5. The summed E-state index contributed by atoms with van der Waals surface area (Å²) in [5.74, 6) is -7.76. The minimum Gasteiger partial charge on any atom is -0.481 e. The first kappa shape index (κ1) is 35.3. The molecule has 0 aromatic rings. The number of rotatable bonds is 16. The number of nitrogens with one attached hydrogen (secondary N) is 5. The number of hydrogen-bond acceptors (Lipinski definition) is 8. The lowest BCUT2D eigenvalue weighted by Gasteiger charge is -2.27. The SMILES string of the molecule is CC(=O)N[C@H](C(=O)N[C@@H](CC(=O)O)C(=O)N[C@H](C(=O)N[C@@H](C)C(=O)N[C@@H](CC(=O)O)C(=O)S)C(C)C)C(C)C. The molecule has 5 atom stereocenters. The largest absolute Gasteiger partial charge is 0.481 e. The number of carbonyl (C=O) groups excluding carboxylic acids is 6. The van der Waals surface area contributed by atoms with Crippen LogP contribution >= 0.6 is 12.6 Å². The zero-order chi connectivity index (χ0) is 30.6. The molecule has 0 rings (SSSR count). The monoisotopic (exact) mass is 575 g/mol. The Kier molecular flexibility index (Phi) is 14.8. The summed E-state index contributed by atoms with van der Waals surface area (Å²) in [7, 11) is 0. The van der Waals surface area contributed by atoms with Crippen LogP contribution in [0.2, 0.25) is 0 Å². The van der Waals surface area contributed by atoms with Crippen LogP contribution in [0.25, 0.3) is 0 Å². The van der Waals surface area contributed by atoms with E-state index in [2.05, 4.69) is 39.2 Å². The summed E-state index contributed by atoms with van der Waals surface area (Å²) in [6.45, 7) is 8.86. The zero-order valence-electron chi connectivity index (χ0n) is 22.6. The van der Waals surface area contributed by atoms with Crippen LogP contribution in [0.1, 0.15) is 54.4 Å². The van der Waals surface area contributed by atoms with Gasteiger partial charge >= 0.3 is 11.9 Å². The molecule has 0 aliphatic carbocycles. The summed E-state index contributed by atoms with van der Waals surface area (Å²) in [5.41, 5.74) is 0. The molecule has 5 amide bonds. The predicted octanol–water partition coefficient (Wildman–Crippen LogP) is -1.83. The van der Waals surface area contributed by atoms with Crippen LogP contribution in [0.15, 0.2) is 0 Å². The van der Waals surface area contributed by atoms with Crippen LogP contribution in [-0.4, -0.2) is 87.0 Å². The van der Waals surface area contributed by atoms with Crippen LogP contribution in [0.5, 0.6) is 0 Å². The molecular weight excluding hydrogens is 538 g/mol. The molecule has 0 unspecified atom stereocenters. The predicted molar refractivity (Wildman–Crippen MR) is 139 cm³/mol. The molecule has 0 saturated carbocycles. The Labute approximate surface area is 231 Å². The first-order chi connectivity index (χ1) is 17.9. The van der Waals surface area contributed by atoms with E-state index in [1.54, 1.807) is 27.7 Å². The van der Waals surface area contributed by atoms with Gasteiger partial charge in [0, 0.05) is 6.92 Å². The number of carbonyl (C=O) groups is 8. The molecule has 0 saturated heterocycles. The van der Waals surface area contributed by atoms with Gasteiger partial charge in [0.05, 0.1) is 12.8 Å². The molecular formula is C23H37N5O10S. The van der Waals surface area contributed by atoms with Crippen molar-refractivity contribution in [3.8, 4) is 0 Å². The van der Waals surface area contributed by atoms with Gasteiger partial charge in [-0.2, -0.15) is 0 Å². The van der Waals surface area contributed by atoms with Gasteiger partial charge < -0.3 is 36.8 Å². The molecule has 0 aromatic heterocycles. The molecule has 0 aromatic carbocycles. The average Bonchev–Trinajstić information content (AvgIpc) is 2.78. The van der Waals surface area contributed by atoms with Crippen molar-refractivity contribution in [2.45, 2.75) is 84.6 Å². The minimum absolute atomic E-state index is 0.391. The molecule has 0 aliphatic heterocycles. The third-order valence-electron chi connectivity index (χ3n) is 5.31. The van der Waals surface area contributed by atoms with E-state index in [1.807, 2.05) is 0 Å². The van der Waals surface area contributed by atoms with Crippen molar-refractivity contribution in [1.29, 1.82) is 0 Å². The van der Waals surface area contributed by atoms with E-state index in [9.17, 15) is 43.5 Å². The van der Waals surface area contributed by atoms with Gasteiger partial charge in [0.25, 0.3) is 0 Å². The maximum absolute atomic E-state index is 13.0. The quantitative estimate of drug-likeness (QED) is 0.0958. The van der Waals surface area contributed by atoms with Gasteiger partial charge in [0.2, 0.25) is 34.7 Å². The van der Waals surface area contributed by atoms with Gasteiger partial charge in [-0.25, -0.2) is 0 Å². The van der Waals surface area contributed by atoms with E-state index in [-0.39, 0.29) is 0 Å². The van der Waals surface area contributed by atoms with Gasteiger partial charge in [-0.15, -0.1) is 12.6 Å². The number of carboxylic acids is 2. The normalized spacial score (nSPS) is 14.7. The highest BCUT2D eigenvalue weighted by molar-refractivity contribution is 7.96. The van der Waals surface area contributed by atoms with E-state index < -0.39 is 101 Å². The van der Waals surface area contributed by atoms with Crippen LogP contribution in [0.3, 0.4) is 0 Å². The number of amides is 5. The summed E-state index contributed by atoms with van der Waals surface area (Å²) < 4.78 is 0. The Morgan fingerprint density at radius 1 is 0.590 bits per heavy atom. The van der Waals surface area contributed by atoms with Crippen molar-refractivity contribution in [2.24, 2.45) is 11.8 Å². The number of carboxylic acid groups (broad SMARTS) is 2. The molecule has 0 aliphatic rings. The molecule has 0 fully saturated rings. The highest BCUT2D eigenvalue weighted by Crippen LogP contribution is 2.07. The van der Waals surface area contributed by atoms with Gasteiger partial charge in [-0.1, -0.05) is 27.7 Å². The van der Waals surface area contributed by atoms with Crippen molar-refractivity contribution in [1.82, 2.24) is 26.6 Å². The van der Waals surface area contributed by atoms with E-state index in [1.165, 1.54) is 13.8 Å². The molecule has 0 heterocycles. The molecule has 7 N–H and O–H groups in total. The third kappa shape index (κ3) is 13.1. The fourth-order valence-electron chi connectivity index (χ4n) is 3.23. The smallest absolute Gasteiger partial charge is 0.305 e. The fraction of sp³-hybridized carbons (Fsp3) is 0.652. The van der Waals surface area contributed by atoms with Crippen LogP contribution in [0, 0.1) is 11.8 Å². The fourth-order valence-corrected chi connectivity index (χ4v) is 3.38. The topological polar surface area (TPSA) is 237 Å². The standard InChI is InChI=1S/C23H37N5O10S/c1-9(2)17(25-12(6)29)22(37)26-13(7-15(30)31)20(35)28-18(10(3)4)21(36)24-11(5)19(34)27-14(23(38)39)8-16(32)33/h9-11,13-14,17-18H,7-8H2,1-6H3,(H,24,36)(H,25,29)(H,26,37)(H,27,34)(H,28,35)(H,30,31)(H,32,33)(H,38,39)/t11-,13-,14-,17-,18-/m0/s1. The number of thiol groups is 1. The molecule has 15 nitrogen and oxygen atoms in total. The summed E-state index contributed by atoms with van der Waals surface area (Å²) in [4.78, 5) is 96.1. The molecule has 0 spiro atoms. The van der Waals surface area contributed by atoms with Crippen LogP contribution < -0.4 is 26.6 Å². The lowest BCUT2D eigenvalue weighted by molar-refractivity contribution is -0.142. The Hall–Kier alpha value is -3.69. The van der Waals surface area contributed by atoms with Crippen molar-refractivity contribution < 1.29 is 48.6 Å². The van der Waals surface area contributed by atoms with Gasteiger partial charge in [-0.05, 0) is 18.8 Å². The van der Waals surface area contributed by atoms with Gasteiger partial charge in [0.1, 0.15) is 30.2 Å². The maximum atomic E-state index is 13.0. The molecule has 16 heteroatoms. The van der Waals surface area contributed by atoms with E-state index in [4.69, 9.17) is 5.11 Å². The van der Waals surface area contributed by atoms with Crippen molar-refractivity contribution in [2.75, 3.05) is 0 Å². The third-order valence-corrected chi connectivity index (χ3v) is 5.62. The molecule has 0 radical (unpaired) electrons.